The predicted octanol–water partition coefficient (Wildman–Crippen LogP) is 2.49. The first-order valence-electron chi connectivity index (χ1n) is 6.01. The number of nitro groups is 1. The van der Waals surface area contributed by atoms with Crippen LogP contribution in [0.25, 0.3) is 0 Å². The van der Waals surface area contributed by atoms with Gasteiger partial charge in [0.05, 0.1) is 4.92 Å². The van der Waals surface area contributed by atoms with Gasteiger partial charge in [-0.1, -0.05) is 13.8 Å². The van der Waals surface area contributed by atoms with Crippen LogP contribution in [-0.4, -0.2) is 23.5 Å². The Morgan fingerprint density at radius 1 is 1.56 bits per heavy atom. The van der Waals surface area contributed by atoms with E-state index in [9.17, 15) is 10.1 Å². The molecule has 0 spiro atoms. The Morgan fingerprint density at radius 2 is 2.22 bits per heavy atom. The molecular weight excluding hydrogens is 232 g/mol. The molecule has 1 aliphatic rings. The fourth-order valence-corrected chi connectivity index (χ4v) is 2.01. The van der Waals surface area contributed by atoms with Crippen molar-refractivity contribution >= 4 is 17.3 Å². The van der Waals surface area contributed by atoms with Gasteiger partial charge in [-0.25, -0.2) is 4.98 Å². The van der Waals surface area contributed by atoms with E-state index in [2.05, 4.69) is 29.5 Å². The highest BCUT2D eigenvalue weighted by molar-refractivity contribution is 5.60. The van der Waals surface area contributed by atoms with Crippen LogP contribution in [0.2, 0.25) is 0 Å². The van der Waals surface area contributed by atoms with Gasteiger partial charge in [0.15, 0.2) is 0 Å². The van der Waals surface area contributed by atoms with Crippen molar-refractivity contribution in [1.82, 2.24) is 4.98 Å². The highest BCUT2D eigenvalue weighted by atomic mass is 16.6. The van der Waals surface area contributed by atoms with Crippen LogP contribution in [-0.2, 0) is 0 Å². The highest BCUT2D eigenvalue weighted by Gasteiger charge is 2.45. The molecule has 1 fully saturated rings. The smallest absolute Gasteiger partial charge is 0.311 e. The van der Waals surface area contributed by atoms with Crippen molar-refractivity contribution in [3.8, 4) is 0 Å². The first-order valence-corrected chi connectivity index (χ1v) is 6.01. The maximum Gasteiger partial charge on any atom is 0.311 e. The highest BCUT2D eigenvalue weighted by Crippen LogP contribution is 2.51. The van der Waals surface area contributed by atoms with Crippen LogP contribution >= 0.6 is 0 Å². The molecule has 0 bridgehead atoms. The number of hydrogen-bond donors (Lipinski definition) is 2. The lowest BCUT2D eigenvalue weighted by molar-refractivity contribution is -0.384. The summed E-state index contributed by atoms with van der Waals surface area (Å²) in [5.74, 6) is 1.53. The van der Waals surface area contributed by atoms with Crippen molar-refractivity contribution in [3.05, 3.63) is 22.2 Å². The maximum atomic E-state index is 10.9. The molecule has 1 aromatic rings. The van der Waals surface area contributed by atoms with Gasteiger partial charge in [0.1, 0.15) is 5.82 Å². The maximum absolute atomic E-state index is 10.9. The summed E-state index contributed by atoms with van der Waals surface area (Å²) in [4.78, 5) is 14.7. The molecule has 0 aliphatic heterocycles. The molecule has 0 amide bonds. The minimum Gasteiger partial charge on any atom is -0.373 e. The summed E-state index contributed by atoms with van der Waals surface area (Å²) in [6.45, 7) is 5.13. The fraction of sp³-hybridized carbons (Fsp3) is 0.583. The zero-order valence-corrected chi connectivity index (χ0v) is 10.9. The third-order valence-corrected chi connectivity index (χ3v) is 3.56. The first kappa shape index (κ1) is 12.6. The van der Waals surface area contributed by atoms with E-state index < -0.39 is 4.92 Å². The summed E-state index contributed by atoms with van der Waals surface area (Å²) in [5, 5.41) is 16.9. The fourth-order valence-electron chi connectivity index (χ4n) is 2.01. The molecule has 2 N–H and O–H groups in total. The topological polar surface area (TPSA) is 80.1 Å². The zero-order valence-electron chi connectivity index (χ0n) is 10.9. The number of rotatable bonds is 5. The van der Waals surface area contributed by atoms with Crippen LogP contribution in [0.15, 0.2) is 12.1 Å². The van der Waals surface area contributed by atoms with E-state index in [1.807, 2.05) is 0 Å². The second kappa shape index (κ2) is 4.44. The van der Waals surface area contributed by atoms with Gasteiger partial charge in [-0.3, -0.25) is 10.1 Å². The summed E-state index contributed by atoms with van der Waals surface area (Å²) < 4.78 is 0. The first-order chi connectivity index (χ1) is 8.44. The average molecular weight is 250 g/mol. The van der Waals surface area contributed by atoms with E-state index in [0.717, 1.165) is 13.0 Å². The van der Waals surface area contributed by atoms with Gasteiger partial charge in [-0.05, 0) is 23.8 Å². The van der Waals surface area contributed by atoms with E-state index in [-0.39, 0.29) is 5.69 Å². The third kappa shape index (κ3) is 2.52. The molecule has 6 heteroatoms. The van der Waals surface area contributed by atoms with Crippen molar-refractivity contribution < 1.29 is 4.92 Å². The van der Waals surface area contributed by atoms with E-state index in [4.69, 9.17) is 0 Å². The molecule has 0 saturated heterocycles. The number of aromatic nitrogens is 1. The van der Waals surface area contributed by atoms with Crippen LogP contribution < -0.4 is 10.6 Å². The quantitative estimate of drug-likeness (QED) is 0.620. The summed E-state index contributed by atoms with van der Waals surface area (Å²) in [6, 6.07) is 3.07. The summed E-state index contributed by atoms with van der Waals surface area (Å²) >= 11 is 0. The van der Waals surface area contributed by atoms with Gasteiger partial charge in [0, 0.05) is 19.7 Å². The molecule has 1 aromatic heterocycles. The molecule has 98 valence electrons. The Morgan fingerprint density at radius 3 is 2.72 bits per heavy atom. The summed E-state index contributed by atoms with van der Waals surface area (Å²) in [5.41, 5.74) is 0.370. The number of nitrogens with zero attached hydrogens (tertiary/aromatic N) is 2. The lowest BCUT2D eigenvalue weighted by atomic mass is 10.1. The Labute approximate surface area is 106 Å². The second-order valence-corrected chi connectivity index (χ2v) is 5.34. The van der Waals surface area contributed by atoms with Gasteiger partial charge in [-0.15, -0.1) is 0 Å². The molecule has 0 aromatic carbocycles. The van der Waals surface area contributed by atoms with E-state index in [1.165, 1.54) is 6.07 Å². The minimum atomic E-state index is -0.410. The zero-order chi connectivity index (χ0) is 13.3. The van der Waals surface area contributed by atoms with Crippen molar-refractivity contribution in [2.75, 3.05) is 24.2 Å². The number of pyridine rings is 1. The van der Waals surface area contributed by atoms with Crippen LogP contribution in [0.5, 0.6) is 0 Å². The van der Waals surface area contributed by atoms with Crippen molar-refractivity contribution in [2.45, 2.75) is 20.3 Å². The molecule has 1 aliphatic carbocycles. The lowest BCUT2D eigenvalue weighted by Gasteiger charge is -2.09. The van der Waals surface area contributed by atoms with Crippen LogP contribution in [0.4, 0.5) is 17.3 Å². The SMILES string of the molecule is CNc1ccc([N+](=O)[O-])c(NCC2CC2(C)C)n1. The molecular formula is C12H18N4O2. The van der Waals surface area contributed by atoms with Gasteiger partial charge < -0.3 is 10.6 Å². The van der Waals surface area contributed by atoms with E-state index >= 15 is 0 Å². The number of nitrogens with one attached hydrogen (secondary N) is 2. The molecule has 1 saturated carbocycles. The van der Waals surface area contributed by atoms with Gasteiger partial charge >= 0.3 is 5.69 Å². The molecule has 2 rings (SSSR count). The number of anilines is 2. The predicted molar refractivity (Wildman–Crippen MR) is 70.8 cm³/mol. The molecule has 6 nitrogen and oxygen atoms in total. The second-order valence-electron chi connectivity index (χ2n) is 5.34. The third-order valence-electron chi connectivity index (χ3n) is 3.56. The van der Waals surface area contributed by atoms with Crippen molar-refractivity contribution in [1.29, 1.82) is 0 Å². The van der Waals surface area contributed by atoms with Gasteiger partial charge in [0.2, 0.25) is 5.82 Å². The Kier molecular flexibility index (Phi) is 3.11. The molecule has 1 atom stereocenters. The Hall–Kier alpha value is -1.85. The van der Waals surface area contributed by atoms with Crippen LogP contribution in [0.1, 0.15) is 20.3 Å². The largest absolute Gasteiger partial charge is 0.373 e. The molecule has 1 unspecified atom stereocenters. The van der Waals surface area contributed by atoms with E-state index in [1.54, 1.807) is 13.1 Å². The van der Waals surface area contributed by atoms with Crippen LogP contribution in [0.3, 0.4) is 0 Å². The molecule has 18 heavy (non-hydrogen) atoms. The summed E-state index contributed by atoms with van der Waals surface area (Å²) in [6.07, 6.45) is 1.15. The van der Waals surface area contributed by atoms with Crippen LogP contribution in [0, 0.1) is 21.4 Å². The van der Waals surface area contributed by atoms with E-state index in [0.29, 0.717) is 23.0 Å². The van der Waals surface area contributed by atoms with Crippen molar-refractivity contribution in [2.24, 2.45) is 11.3 Å². The van der Waals surface area contributed by atoms with Crippen molar-refractivity contribution in [3.63, 3.8) is 0 Å². The molecule has 1 heterocycles. The molecule has 0 radical (unpaired) electrons. The lowest BCUT2D eigenvalue weighted by Crippen LogP contribution is -2.11. The van der Waals surface area contributed by atoms with Gasteiger partial charge in [-0.2, -0.15) is 0 Å². The average Bonchev–Trinajstić information content (AvgIpc) is 2.93. The summed E-state index contributed by atoms with van der Waals surface area (Å²) in [7, 11) is 1.74. The normalized spacial score (nSPS) is 20.3. The minimum absolute atomic E-state index is 0.0208. The Bertz CT molecular complexity index is 473. The Balaban J connectivity index is 2.11. The number of hydrogen-bond acceptors (Lipinski definition) is 5. The standard InChI is InChI=1S/C12H18N4O2/c1-12(2)6-8(12)7-14-11-9(16(17)18)4-5-10(13-3)15-11/h4-5,8H,6-7H2,1-3H3,(H2,13,14,15). The monoisotopic (exact) mass is 250 g/mol. The van der Waals surface area contributed by atoms with Gasteiger partial charge in [0.25, 0.3) is 0 Å².